The van der Waals surface area contributed by atoms with Crippen molar-refractivity contribution in [1.29, 1.82) is 0 Å². The molecule has 0 aliphatic rings. The normalized spacial score (nSPS) is 11.9. The number of benzene rings is 2. The molecule has 1 atom stereocenters. The van der Waals surface area contributed by atoms with Crippen LogP contribution in [0, 0.1) is 0 Å². The van der Waals surface area contributed by atoms with Crippen LogP contribution in [0.2, 0.25) is 0 Å². The van der Waals surface area contributed by atoms with Gasteiger partial charge >= 0.3 is 0 Å². The number of para-hydroxylation sites is 1. The monoisotopic (exact) mass is 305 g/mol. The number of hydrogen-bond acceptors (Lipinski definition) is 4. The van der Waals surface area contributed by atoms with Crippen LogP contribution in [0.4, 0.5) is 5.69 Å². The molecule has 2 aromatic rings. The van der Waals surface area contributed by atoms with E-state index in [1.807, 2.05) is 30.3 Å². The highest BCUT2D eigenvalue weighted by molar-refractivity contribution is 7.85. The minimum atomic E-state index is -1.12. The molecule has 2 N–H and O–H groups in total. The van der Waals surface area contributed by atoms with Gasteiger partial charge in [0.05, 0.1) is 29.4 Å². The standard InChI is InChI=1S/C16H19NO3S/c1-19-15-12-13(17)8-9-16(15)21(18)11-5-10-20-14-6-3-2-4-7-14/h2-4,6-9,12H,5,10-11,17H2,1H3. The third-order valence-electron chi connectivity index (χ3n) is 2.92. The highest BCUT2D eigenvalue weighted by Crippen LogP contribution is 2.25. The zero-order valence-corrected chi connectivity index (χ0v) is 12.8. The molecule has 0 spiro atoms. The van der Waals surface area contributed by atoms with Crippen molar-refractivity contribution in [2.24, 2.45) is 0 Å². The Morgan fingerprint density at radius 3 is 2.62 bits per heavy atom. The average Bonchev–Trinajstić information content (AvgIpc) is 2.52. The van der Waals surface area contributed by atoms with Gasteiger partial charge < -0.3 is 15.2 Å². The van der Waals surface area contributed by atoms with Crippen molar-refractivity contribution in [3.05, 3.63) is 48.5 Å². The Bertz CT molecular complexity index is 602. The molecule has 0 radical (unpaired) electrons. The van der Waals surface area contributed by atoms with Gasteiger partial charge in [-0.05, 0) is 30.7 Å². The maximum absolute atomic E-state index is 12.3. The summed E-state index contributed by atoms with van der Waals surface area (Å²) in [6.45, 7) is 0.535. The summed E-state index contributed by atoms with van der Waals surface area (Å²) in [6, 6.07) is 14.8. The molecule has 21 heavy (non-hydrogen) atoms. The summed E-state index contributed by atoms with van der Waals surface area (Å²) in [5.41, 5.74) is 6.29. The van der Waals surface area contributed by atoms with Crippen molar-refractivity contribution >= 4 is 16.5 Å². The van der Waals surface area contributed by atoms with Crippen molar-refractivity contribution in [1.82, 2.24) is 0 Å². The molecule has 0 bridgehead atoms. The third-order valence-corrected chi connectivity index (χ3v) is 4.41. The predicted octanol–water partition coefficient (Wildman–Crippen LogP) is 2.85. The number of ether oxygens (including phenoxy) is 2. The summed E-state index contributed by atoms with van der Waals surface area (Å²) < 4.78 is 23.1. The lowest BCUT2D eigenvalue weighted by molar-refractivity contribution is 0.318. The number of rotatable bonds is 7. The van der Waals surface area contributed by atoms with Crippen LogP contribution >= 0.6 is 0 Å². The topological polar surface area (TPSA) is 61.5 Å². The molecule has 5 heteroatoms. The SMILES string of the molecule is COc1cc(N)ccc1S(=O)CCCOc1ccccc1. The fraction of sp³-hybridized carbons (Fsp3) is 0.250. The summed E-state index contributed by atoms with van der Waals surface area (Å²) in [5.74, 6) is 1.92. The summed E-state index contributed by atoms with van der Waals surface area (Å²) in [7, 11) is 0.428. The smallest absolute Gasteiger partial charge is 0.137 e. The van der Waals surface area contributed by atoms with Crippen molar-refractivity contribution in [2.45, 2.75) is 11.3 Å². The van der Waals surface area contributed by atoms with Crippen LogP contribution < -0.4 is 15.2 Å². The molecule has 0 saturated heterocycles. The Kier molecular flexibility index (Phi) is 5.63. The summed E-state index contributed by atoms with van der Waals surface area (Å²) in [5, 5.41) is 0. The maximum Gasteiger partial charge on any atom is 0.137 e. The number of nitrogens with two attached hydrogens (primary N) is 1. The lowest BCUT2D eigenvalue weighted by atomic mass is 10.3. The fourth-order valence-corrected chi connectivity index (χ4v) is 3.07. The summed E-state index contributed by atoms with van der Waals surface area (Å²) in [6.07, 6.45) is 0.703. The van der Waals surface area contributed by atoms with E-state index in [-0.39, 0.29) is 0 Å². The molecule has 0 aromatic heterocycles. The molecule has 4 nitrogen and oxygen atoms in total. The van der Waals surface area contributed by atoms with Crippen molar-refractivity contribution < 1.29 is 13.7 Å². The number of anilines is 1. The second kappa shape index (κ2) is 7.69. The van der Waals surface area contributed by atoms with Gasteiger partial charge in [-0.3, -0.25) is 4.21 Å². The molecule has 2 aromatic carbocycles. The molecule has 2 rings (SSSR count). The molecular formula is C16H19NO3S. The highest BCUT2D eigenvalue weighted by atomic mass is 32.2. The Morgan fingerprint density at radius 1 is 1.14 bits per heavy atom. The number of nitrogen functional groups attached to an aromatic ring is 1. The van der Waals surface area contributed by atoms with Gasteiger partial charge in [-0.25, -0.2) is 0 Å². The van der Waals surface area contributed by atoms with Crippen molar-refractivity contribution in [3.8, 4) is 11.5 Å². The second-order valence-electron chi connectivity index (χ2n) is 4.48. The molecular weight excluding hydrogens is 286 g/mol. The first-order valence-corrected chi connectivity index (χ1v) is 8.02. The largest absolute Gasteiger partial charge is 0.495 e. The van der Waals surface area contributed by atoms with Gasteiger partial charge in [0.25, 0.3) is 0 Å². The van der Waals surface area contributed by atoms with Gasteiger partial charge in [-0.2, -0.15) is 0 Å². The van der Waals surface area contributed by atoms with E-state index in [9.17, 15) is 4.21 Å². The van der Waals surface area contributed by atoms with E-state index in [0.29, 0.717) is 35.1 Å². The van der Waals surface area contributed by atoms with Gasteiger partial charge in [0.1, 0.15) is 11.5 Å². The Labute approximate surface area is 127 Å². The van der Waals surface area contributed by atoms with Gasteiger partial charge in [0, 0.05) is 17.5 Å². The highest BCUT2D eigenvalue weighted by Gasteiger charge is 2.10. The quantitative estimate of drug-likeness (QED) is 0.631. The van der Waals surface area contributed by atoms with E-state index in [2.05, 4.69) is 0 Å². The molecule has 0 aliphatic heterocycles. The predicted molar refractivity (Wildman–Crippen MR) is 85.2 cm³/mol. The molecule has 0 fully saturated rings. The van der Waals surface area contributed by atoms with Crippen molar-refractivity contribution in [3.63, 3.8) is 0 Å². The number of hydrogen-bond donors (Lipinski definition) is 1. The summed E-state index contributed by atoms with van der Waals surface area (Å²) >= 11 is 0. The summed E-state index contributed by atoms with van der Waals surface area (Å²) in [4.78, 5) is 0.673. The first-order valence-electron chi connectivity index (χ1n) is 6.70. The van der Waals surface area contributed by atoms with Crippen LogP contribution in [0.3, 0.4) is 0 Å². The van der Waals surface area contributed by atoms with E-state index < -0.39 is 10.8 Å². The third kappa shape index (κ3) is 4.49. The minimum absolute atomic E-state index is 0.521. The second-order valence-corrected chi connectivity index (χ2v) is 6.01. The Balaban J connectivity index is 1.85. The molecule has 0 aliphatic carbocycles. The average molecular weight is 305 g/mol. The van der Waals surface area contributed by atoms with Gasteiger partial charge in [-0.1, -0.05) is 18.2 Å². The first kappa shape index (κ1) is 15.4. The van der Waals surface area contributed by atoms with Gasteiger partial charge in [0.15, 0.2) is 0 Å². The van der Waals surface area contributed by atoms with Crippen LogP contribution in [0.1, 0.15) is 6.42 Å². The zero-order chi connectivity index (χ0) is 15.1. The van der Waals surface area contributed by atoms with Crippen LogP contribution in [-0.4, -0.2) is 23.7 Å². The zero-order valence-electron chi connectivity index (χ0n) is 12.0. The van der Waals surface area contributed by atoms with E-state index >= 15 is 0 Å². The van der Waals surface area contributed by atoms with Crippen LogP contribution in [0.5, 0.6) is 11.5 Å². The van der Waals surface area contributed by atoms with E-state index in [1.54, 1.807) is 25.3 Å². The molecule has 0 saturated carbocycles. The van der Waals surface area contributed by atoms with Crippen LogP contribution in [0.15, 0.2) is 53.4 Å². The van der Waals surface area contributed by atoms with Gasteiger partial charge in [0.2, 0.25) is 0 Å². The number of methoxy groups -OCH3 is 1. The minimum Gasteiger partial charge on any atom is -0.495 e. The van der Waals surface area contributed by atoms with E-state index in [0.717, 1.165) is 5.75 Å². The van der Waals surface area contributed by atoms with Crippen LogP contribution in [-0.2, 0) is 10.8 Å². The lowest BCUT2D eigenvalue weighted by Gasteiger charge is -2.09. The van der Waals surface area contributed by atoms with Gasteiger partial charge in [-0.15, -0.1) is 0 Å². The van der Waals surface area contributed by atoms with Crippen LogP contribution in [0.25, 0.3) is 0 Å². The molecule has 1 unspecified atom stereocenters. The fourth-order valence-electron chi connectivity index (χ4n) is 1.88. The van der Waals surface area contributed by atoms with Crippen molar-refractivity contribution in [2.75, 3.05) is 25.2 Å². The lowest BCUT2D eigenvalue weighted by Crippen LogP contribution is -2.06. The first-order chi connectivity index (χ1) is 10.2. The molecule has 0 amide bonds. The van der Waals surface area contributed by atoms with E-state index in [1.165, 1.54) is 0 Å². The Hall–Kier alpha value is -2.01. The molecule has 0 heterocycles. The van der Waals surface area contributed by atoms with E-state index in [4.69, 9.17) is 15.2 Å². The molecule has 112 valence electrons. The Morgan fingerprint density at radius 2 is 1.90 bits per heavy atom. The maximum atomic E-state index is 12.3.